The van der Waals surface area contributed by atoms with Crippen molar-refractivity contribution < 1.29 is 17.9 Å². The van der Waals surface area contributed by atoms with E-state index in [1.165, 1.54) is 11.8 Å². The minimum Gasteiger partial charge on any atom is -0.379 e. The average Bonchev–Trinajstić information content (AvgIpc) is 2.03. The Balaban J connectivity index is 2.45. The minimum atomic E-state index is -4.11. The molecule has 1 aliphatic rings. The van der Waals surface area contributed by atoms with Crippen LogP contribution in [0.15, 0.2) is 0 Å². The van der Waals surface area contributed by atoms with Gasteiger partial charge in [0.05, 0.1) is 13.2 Å². The van der Waals surface area contributed by atoms with Gasteiger partial charge in [-0.2, -0.15) is 13.2 Å². The Labute approximate surface area is 69.3 Å². The van der Waals surface area contributed by atoms with Crippen molar-refractivity contribution in [2.75, 3.05) is 26.3 Å². The summed E-state index contributed by atoms with van der Waals surface area (Å²) in [6, 6.07) is -1.35. The number of hydrogen-bond acceptors (Lipinski definition) is 2. The third-order valence-electron chi connectivity index (χ3n) is 2.07. The molecular formula is C7H12F3NO. The van der Waals surface area contributed by atoms with Crippen LogP contribution in [-0.4, -0.2) is 43.4 Å². The largest absolute Gasteiger partial charge is 0.403 e. The molecule has 0 aromatic heterocycles. The Bertz CT molecular complexity index is 142. The predicted octanol–water partition coefficient (Wildman–Crippen LogP) is 1.27. The summed E-state index contributed by atoms with van der Waals surface area (Å²) in [6.45, 7) is 2.74. The molecule has 1 aliphatic heterocycles. The number of morpholine rings is 1. The highest BCUT2D eigenvalue weighted by Crippen LogP contribution is 2.24. The third-order valence-corrected chi connectivity index (χ3v) is 2.07. The minimum absolute atomic E-state index is 0.376. The van der Waals surface area contributed by atoms with Gasteiger partial charge in [0.15, 0.2) is 0 Å². The smallest absolute Gasteiger partial charge is 0.379 e. The van der Waals surface area contributed by atoms with Crippen molar-refractivity contribution in [3.8, 4) is 0 Å². The van der Waals surface area contributed by atoms with Gasteiger partial charge in [-0.3, -0.25) is 4.90 Å². The highest BCUT2D eigenvalue weighted by molar-refractivity contribution is 4.75. The van der Waals surface area contributed by atoms with E-state index >= 15 is 0 Å². The monoisotopic (exact) mass is 183 g/mol. The molecule has 0 unspecified atom stereocenters. The standard InChI is InChI=1S/C7H12F3NO/c1-6(7(8,9)10)11-2-4-12-5-3-11/h6H,2-5H2,1H3/t6-/m0/s1. The maximum Gasteiger partial charge on any atom is 0.403 e. The molecule has 0 saturated carbocycles. The van der Waals surface area contributed by atoms with E-state index < -0.39 is 12.2 Å². The summed E-state index contributed by atoms with van der Waals surface area (Å²) in [6.07, 6.45) is -4.11. The van der Waals surface area contributed by atoms with Crippen molar-refractivity contribution in [3.63, 3.8) is 0 Å². The molecule has 1 rings (SSSR count). The lowest BCUT2D eigenvalue weighted by molar-refractivity contribution is -0.186. The second-order valence-corrected chi connectivity index (χ2v) is 2.87. The van der Waals surface area contributed by atoms with E-state index in [-0.39, 0.29) is 0 Å². The van der Waals surface area contributed by atoms with Gasteiger partial charge in [0.1, 0.15) is 6.04 Å². The van der Waals surface area contributed by atoms with Crippen LogP contribution in [0.3, 0.4) is 0 Å². The molecule has 0 aliphatic carbocycles. The van der Waals surface area contributed by atoms with E-state index in [9.17, 15) is 13.2 Å². The summed E-state index contributed by atoms with van der Waals surface area (Å²) in [4.78, 5) is 1.39. The lowest BCUT2D eigenvalue weighted by Gasteiger charge is -2.33. The van der Waals surface area contributed by atoms with Crippen LogP contribution in [0.25, 0.3) is 0 Å². The number of rotatable bonds is 1. The average molecular weight is 183 g/mol. The molecule has 5 heteroatoms. The second kappa shape index (κ2) is 3.62. The fourth-order valence-electron chi connectivity index (χ4n) is 1.17. The highest BCUT2D eigenvalue weighted by atomic mass is 19.4. The van der Waals surface area contributed by atoms with E-state index in [4.69, 9.17) is 4.74 Å². The first kappa shape index (κ1) is 9.80. The summed E-state index contributed by atoms with van der Waals surface area (Å²) in [5, 5.41) is 0. The number of ether oxygens (including phenoxy) is 1. The van der Waals surface area contributed by atoms with E-state index in [0.29, 0.717) is 26.3 Å². The highest BCUT2D eigenvalue weighted by Gasteiger charge is 2.40. The summed E-state index contributed by atoms with van der Waals surface area (Å²) < 4.78 is 41.4. The molecular weight excluding hydrogens is 171 g/mol. The van der Waals surface area contributed by atoms with Crippen molar-refractivity contribution in [3.05, 3.63) is 0 Å². The molecule has 0 bridgehead atoms. The molecule has 72 valence electrons. The van der Waals surface area contributed by atoms with Gasteiger partial charge in [-0.15, -0.1) is 0 Å². The number of nitrogens with zero attached hydrogens (tertiary/aromatic N) is 1. The predicted molar refractivity (Wildman–Crippen MR) is 37.9 cm³/mol. The van der Waals surface area contributed by atoms with Crippen molar-refractivity contribution in [2.24, 2.45) is 0 Å². The van der Waals surface area contributed by atoms with Gasteiger partial charge in [0, 0.05) is 13.1 Å². The summed E-state index contributed by atoms with van der Waals surface area (Å²) in [5.74, 6) is 0. The molecule has 0 radical (unpaired) electrons. The third kappa shape index (κ3) is 2.35. The van der Waals surface area contributed by atoms with Crippen LogP contribution in [0.4, 0.5) is 13.2 Å². The van der Waals surface area contributed by atoms with Crippen LogP contribution in [0.5, 0.6) is 0 Å². The van der Waals surface area contributed by atoms with Gasteiger partial charge in [0.25, 0.3) is 0 Å². The van der Waals surface area contributed by atoms with Crippen molar-refractivity contribution in [2.45, 2.75) is 19.1 Å². The molecule has 2 nitrogen and oxygen atoms in total. The number of hydrogen-bond donors (Lipinski definition) is 0. The lowest BCUT2D eigenvalue weighted by Crippen LogP contribution is -2.48. The summed E-state index contributed by atoms with van der Waals surface area (Å²) >= 11 is 0. The molecule has 1 fully saturated rings. The summed E-state index contributed by atoms with van der Waals surface area (Å²) in [7, 11) is 0. The fraction of sp³-hybridized carbons (Fsp3) is 1.00. The second-order valence-electron chi connectivity index (χ2n) is 2.87. The number of halogens is 3. The Morgan fingerprint density at radius 1 is 1.25 bits per heavy atom. The van der Waals surface area contributed by atoms with E-state index in [2.05, 4.69) is 0 Å². The van der Waals surface area contributed by atoms with Crippen LogP contribution < -0.4 is 0 Å². The zero-order chi connectivity index (χ0) is 9.19. The Morgan fingerprint density at radius 2 is 1.75 bits per heavy atom. The molecule has 1 saturated heterocycles. The zero-order valence-corrected chi connectivity index (χ0v) is 6.90. The van der Waals surface area contributed by atoms with Gasteiger partial charge >= 0.3 is 6.18 Å². The normalized spacial score (nSPS) is 24.0. The molecule has 0 N–H and O–H groups in total. The maximum absolute atomic E-state index is 12.2. The first-order valence-electron chi connectivity index (χ1n) is 3.90. The molecule has 1 atom stereocenters. The van der Waals surface area contributed by atoms with E-state index in [1.807, 2.05) is 0 Å². The number of alkyl halides is 3. The molecule has 1 heterocycles. The van der Waals surface area contributed by atoms with E-state index in [1.54, 1.807) is 0 Å². The molecule has 0 spiro atoms. The first-order valence-corrected chi connectivity index (χ1v) is 3.90. The van der Waals surface area contributed by atoms with Gasteiger partial charge in [-0.05, 0) is 6.92 Å². The van der Waals surface area contributed by atoms with Crippen LogP contribution in [0.1, 0.15) is 6.92 Å². The van der Waals surface area contributed by atoms with Crippen LogP contribution >= 0.6 is 0 Å². The lowest BCUT2D eigenvalue weighted by atomic mass is 10.2. The maximum atomic E-state index is 12.2. The molecule has 12 heavy (non-hydrogen) atoms. The van der Waals surface area contributed by atoms with Crippen LogP contribution in [0, 0.1) is 0 Å². The quantitative estimate of drug-likeness (QED) is 0.607. The topological polar surface area (TPSA) is 12.5 Å². The zero-order valence-electron chi connectivity index (χ0n) is 6.90. The van der Waals surface area contributed by atoms with Crippen molar-refractivity contribution in [1.29, 1.82) is 0 Å². The summed E-state index contributed by atoms with van der Waals surface area (Å²) in [5.41, 5.74) is 0. The SMILES string of the molecule is C[C@H](N1CCOCC1)C(F)(F)F. The van der Waals surface area contributed by atoms with Gasteiger partial charge < -0.3 is 4.74 Å². The Kier molecular flexibility index (Phi) is 2.95. The van der Waals surface area contributed by atoms with Crippen LogP contribution in [0.2, 0.25) is 0 Å². The molecule has 0 amide bonds. The van der Waals surface area contributed by atoms with E-state index in [0.717, 1.165) is 0 Å². The first-order chi connectivity index (χ1) is 5.52. The fourth-order valence-corrected chi connectivity index (χ4v) is 1.17. The van der Waals surface area contributed by atoms with Gasteiger partial charge in [0.2, 0.25) is 0 Å². The molecule has 0 aromatic carbocycles. The van der Waals surface area contributed by atoms with Gasteiger partial charge in [-0.1, -0.05) is 0 Å². The van der Waals surface area contributed by atoms with Crippen LogP contribution in [-0.2, 0) is 4.74 Å². The molecule has 0 aromatic rings. The van der Waals surface area contributed by atoms with Crippen molar-refractivity contribution >= 4 is 0 Å². The Morgan fingerprint density at radius 3 is 2.17 bits per heavy atom. The van der Waals surface area contributed by atoms with Gasteiger partial charge in [-0.25, -0.2) is 0 Å². The Hall–Kier alpha value is -0.290. The van der Waals surface area contributed by atoms with Crippen molar-refractivity contribution in [1.82, 2.24) is 4.90 Å².